The number of fused-ring (bicyclic) bond motifs is 1. The van der Waals surface area contributed by atoms with Crippen LogP contribution in [0.25, 0.3) is 28.4 Å². The number of hydrogen-bond donors (Lipinski definition) is 8. The summed E-state index contributed by atoms with van der Waals surface area (Å²) in [4.78, 5) is 26.3. The molecule has 4 aromatic rings. The fourth-order valence-electron chi connectivity index (χ4n) is 5.74. The molecule has 0 radical (unpaired) electrons. The van der Waals surface area contributed by atoms with Crippen LogP contribution in [0.5, 0.6) is 28.7 Å². The molecule has 2 aliphatic rings. The Morgan fingerprint density at radius 2 is 1.64 bits per heavy atom. The van der Waals surface area contributed by atoms with Crippen molar-refractivity contribution in [2.24, 2.45) is 0 Å². The van der Waals surface area contributed by atoms with Crippen LogP contribution in [0.4, 0.5) is 0 Å². The lowest BCUT2D eigenvalue weighted by molar-refractivity contribution is -0.319. The molecule has 0 amide bonds. The number of aliphatic hydroxyl groups is 5. The molecule has 0 unspecified atom stereocenters. The maximum absolute atomic E-state index is 14.0. The van der Waals surface area contributed by atoms with Crippen molar-refractivity contribution in [1.29, 1.82) is 0 Å². The largest absolute Gasteiger partial charge is 0.508 e. The summed E-state index contributed by atoms with van der Waals surface area (Å²) in [6.07, 6.45) is -10.0. The van der Waals surface area contributed by atoms with Crippen molar-refractivity contribution >= 4 is 23.0 Å². The van der Waals surface area contributed by atoms with Crippen LogP contribution in [0.3, 0.4) is 0 Å². The highest BCUT2D eigenvalue weighted by atomic mass is 16.8. The van der Waals surface area contributed by atoms with Crippen LogP contribution >= 0.6 is 0 Å². The van der Waals surface area contributed by atoms with E-state index in [1.807, 2.05) is 0 Å². The van der Waals surface area contributed by atoms with Gasteiger partial charge in [0.05, 0.1) is 20.3 Å². The Morgan fingerprint density at radius 3 is 2.30 bits per heavy atom. The number of phenols is 3. The lowest BCUT2D eigenvalue weighted by atomic mass is 9.98. The first kappa shape index (κ1) is 37.5. The van der Waals surface area contributed by atoms with Crippen molar-refractivity contribution in [2.45, 2.75) is 48.7 Å². The van der Waals surface area contributed by atoms with Crippen LogP contribution in [-0.2, 0) is 23.7 Å². The topological polar surface area (TPSA) is 264 Å². The summed E-state index contributed by atoms with van der Waals surface area (Å²) in [5, 5.41) is 83.6. The molecule has 1 aromatic heterocycles. The zero-order valence-electron chi connectivity index (χ0n) is 27.8. The smallest absolute Gasteiger partial charge is 0.330 e. The Hall–Kier alpha value is -5.24. The second-order valence-electron chi connectivity index (χ2n) is 12.3. The van der Waals surface area contributed by atoms with Gasteiger partial charge in [0.1, 0.15) is 65.0 Å². The van der Waals surface area contributed by atoms with Crippen LogP contribution in [0.2, 0.25) is 0 Å². The number of benzene rings is 3. The van der Waals surface area contributed by atoms with E-state index in [2.05, 4.69) is 0 Å². The minimum absolute atomic E-state index is 0.0340. The van der Waals surface area contributed by atoms with Gasteiger partial charge in [-0.25, -0.2) is 4.79 Å². The molecule has 17 heteroatoms. The van der Waals surface area contributed by atoms with E-state index in [0.717, 1.165) is 12.1 Å². The highest BCUT2D eigenvalue weighted by Gasteiger charge is 2.54. The van der Waals surface area contributed by atoms with Crippen LogP contribution in [-0.4, -0.2) is 122 Å². The molecule has 0 bridgehead atoms. The fraction of sp³-hybridized carbons (Fsp3) is 0.333. The van der Waals surface area contributed by atoms with E-state index < -0.39 is 91.4 Å². The molecule has 17 nitrogen and oxygen atoms in total. The number of carbonyl (C=O) groups is 1. The standard InChI is InChI=1S/C36H36O17/c1-47-21-12-22(40)26-23(13-21)50-30(18-5-9-20(39)10-6-18)31(28(26)43)52-34-32(29(44)27(42)24(14-37)51-34)53-35-33(45)36(46,16-49-35)15-48-25(41)11-4-17-2-7-19(38)8-3-17/h2-13,24,27,29,32-35,37-40,42,44-46H,14-16H2,1H3/b11-4+/t24-,27-,29+,32+,33+,34-,35-,36+/m0/s1. The third-order valence-electron chi connectivity index (χ3n) is 8.70. The van der Waals surface area contributed by atoms with Gasteiger partial charge in [-0.15, -0.1) is 0 Å². The number of carbonyl (C=O) groups excluding carboxylic acids is 1. The average Bonchev–Trinajstić information content (AvgIpc) is 3.43. The molecule has 8 N–H and O–H groups in total. The number of rotatable bonds is 11. The Balaban J connectivity index is 1.27. The van der Waals surface area contributed by atoms with Gasteiger partial charge >= 0.3 is 5.97 Å². The van der Waals surface area contributed by atoms with Gasteiger partial charge in [0.2, 0.25) is 17.5 Å². The number of ether oxygens (including phenoxy) is 6. The van der Waals surface area contributed by atoms with E-state index >= 15 is 0 Å². The number of aromatic hydroxyl groups is 3. The summed E-state index contributed by atoms with van der Waals surface area (Å²) in [5.74, 6) is -2.15. The zero-order chi connectivity index (χ0) is 38.0. The Kier molecular flexibility index (Phi) is 10.9. The van der Waals surface area contributed by atoms with Crippen molar-refractivity contribution in [2.75, 3.05) is 26.9 Å². The maximum Gasteiger partial charge on any atom is 0.330 e. The first-order valence-electron chi connectivity index (χ1n) is 16.1. The number of methoxy groups -OCH3 is 1. The molecule has 2 fully saturated rings. The third-order valence-corrected chi connectivity index (χ3v) is 8.70. The minimum atomic E-state index is -2.21. The van der Waals surface area contributed by atoms with E-state index in [9.17, 15) is 50.4 Å². The molecular formula is C36H36O17. The van der Waals surface area contributed by atoms with E-state index in [0.29, 0.717) is 5.56 Å². The van der Waals surface area contributed by atoms with E-state index in [1.165, 1.54) is 55.7 Å². The van der Waals surface area contributed by atoms with Gasteiger partial charge in [0.15, 0.2) is 23.8 Å². The van der Waals surface area contributed by atoms with Crippen LogP contribution < -0.4 is 14.9 Å². The van der Waals surface area contributed by atoms with Gasteiger partial charge in [-0.2, -0.15) is 0 Å². The van der Waals surface area contributed by atoms with Gasteiger partial charge in [0.25, 0.3) is 0 Å². The third kappa shape index (κ3) is 7.78. The predicted molar refractivity (Wildman–Crippen MR) is 180 cm³/mol. The number of esters is 1. The highest BCUT2D eigenvalue weighted by Crippen LogP contribution is 2.39. The van der Waals surface area contributed by atoms with Crippen LogP contribution in [0, 0.1) is 0 Å². The van der Waals surface area contributed by atoms with Crippen molar-refractivity contribution in [3.8, 4) is 40.1 Å². The fourth-order valence-corrected chi connectivity index (χ4v) is 5.74. The number of aliphatic hydroxyl groups excluding tert-OH is 4. The monoisotopic (exact) mass is 740 g/mol. The normalized spacial score (nSPS) is 27.2. The lowest BCUT2D eigenvalue weighted by Gasteiger charge is -2.42. The van der Waals surface area contributed by atoms with Gasteiger partial charge in [-0.1, -0.05) is 12.1 Å². The van der Waals surface area contributed by atoms with E-state index in [4.69, 9.17) is 32.8 Å². The molecule has 3 aromatic carbocycles. The van der Waals surface area contributed by atoms with Gasteiger partial charge in [-0.05, 0) is 48.0 Å². The Bertz CT molecular complexity index is 2010. The van der Waals surface area contributed by atoms with Crippen molar-refractivity contribution < 1.29 is 78.5 Å². The average molecular weight is 741 g/mol. The summed E-state index contributed by atoms with van der Waals surface area (Å²) >= 11 is 0. The molecule has 8 atom stereocenters. The van der Waals surface area contributed by atoms with E-state index in [1.54, 1.807) is 12.1 Å². The van der Waals surface area contributed by atoms with Crippen LogP contribution in [0.15, 0.2) is 76.0 Å². The predicted octanol–water partition coefficient (Wildman–Crippen LogP) is 0.493. The number of hydrogen-bond acceptors (Lipinski definition) is 17. The Morgan fingerprint density at radius 1 is 0.962 bits per heavy atom. The van der Waals surface area contributed by atoms with Crippen molar-refractivity contribution in [3.63, 3.8) is 0 Å². The van der Waals surface area contributed by atoms with Gasteiger partial charge in [-0.3, -0.25) is 4.79 Å². The molecule has 53 heavy (non-hydrogen) atoms. The SMILES string of the molecule is COc1cc(O)c2c(=O)c(O[C@@H]3O[C@@H](CO)[C@H](O)[C@@H](O)[C@H]3O[C@@H]3OC[C@](O)(COC(=O)/C=C/c4ccc(O)cc4)[C@@H]3O)c(-c3ccc(O)cc3)oc2c1. The molecule has 6 rings (SSSR count). The van der Waals surface area contributed by atoms with Crippen molar-refractivity contribution in [1.82, 2.24) is 0 Å². The second-order valence-corrected chi connectivity index (χ2v) is 12.3. The molecule has 0 spiro atoms. The second kappa shape index (κ2) is 15.4. The minimum Gasteiger partial charge on any atom is -0.508 e. The quantitative estimate of drug-likeness (QED) is 0.0768. The molecular weight excluding hydrogens is 704 g/mol. The lowest BCUT2D eigenvalue weighted by Crippen LogP contribution is -2.62. The molecule has 2 aliphatic heterocycles. The molecule has 0 aliphatic carbocycles. The first-order valence-corrected chi connectivity index (χ1v) is 16.1. The summed E-state index contributed by atoms with van der Waals surface area (Å²) < 4.78 is 39.3. The van der Waals surface area contributed by atoms with Crippen molar-refractivity contribution in [3.05, 3.63) is 82.5 Å². The molecule has 3 heterocycles. The highest BCUT2D eigenvalue weighted by molar-refractivity contribution is 5.88. The zero-order valence-corrected chi connectivity index (χ0v) is 27.8. The summed E-state index contributed by atoms with van der Waals surface area (Å²) in [6, 6.07) is 13.8. The van der Waals surface area contributed by atoms with Gasteiger partial charge in [0, 0.05) is 23.8 Å². The number of phenolic OH excluding ortho intramolecular Hbond substituents is 3. The first-order chi connectivity index (χ1) is 25.3. The summed E-state index contributed by atoms with van der Waals surface area (Å²) in [5.41, 5.74) is -2.47. The summed E-state index contributed by atoms with van der Waals surface area (Å²) in [7, 11) is 1.34. The van der Waals surface area contributed by atoms with Gasteiger partial charge < -0.3 is 73.7 Å². The maximum atomic E-state index is 14.0. The molecule has 0 saturated carbocycles. The summed E-state index contributed by atoms with van der Waals surface area (Å²) in [6.45, 7) is -2.20. The molecule has 282 valence electrons. The molecule has 2 saturated heterocycles. The van der Waals surface area contributed by atoms with Crippen LogP contribution in [0.1, 0.15) is 5.56 Å². The van der Waals surface area contributed by atoms with E-state index in [-0.39, 0.29) is 39.5 Å². The Labute approximate surface area is 299 Å².